The van der Waals surface area contributed by atoms with E-state index >= 15 is 0 Å². The van der Waals surface area contributed by atoms with Crippen molar-refractivity contribution in [3.63, 3.8) is 0 Å². The monoisotopic (exact) mass is 366 g/mol. The van der Waals surface area contributed by atoms with Crippen molar-refractivity contribution in [3.05, 3.63) is 65.2 Å². The second-order valence-electron chi connectivity index (χ2n) is 6.80. The maximum absolute atomic E-state index is 12.3. The lowest BCUT2D eigenvalue weighted by molar-refractivity contribution is -0.116. The van der Waals surface area contributed by atoms with Gasteiger partial charge >= 0.3 is 0 Å². The topological polar surface area (TPSA) is 50.8 Å². The molecule has 0 saturated carbocycles. The summed E-state index contributed by atoms with van der Waals surface area (Å²) in [6.45, 7) is 1.25. The Balaban J connectivity index is 1.60. The number of hydrogen-bond acceptors (Lipinski definition) is 4. The van der Waals surface area contributed by atoms with Gasteiger partial charge in [0.1, 0.15) is 11.5 Å². The van der Waals surface area contributed by atoms with Gasteiger partial charge < -0.3 is 19.7 Å². The van der Waals surface area contributed by atoms with E-state index in [1.807, 2.05) is 56.6 Å². The third-order valence-corrected chi connectivity index (χ3v) is 4.71. The summed E-state index contributed by atoms with van der Waals surface area (Å²) in [7, 11) is 5.65. The largest absolute Gasteiger partial charge is 0.497 e. The first kappa shape index (κ1) is 19.0. The number of carbonyl (C=O) groups excluding carboxylic acids is 1. The van der Waals surface area contributed by atoms with E-state index in [0.717, 1.165) is 35.7 Å². The molecule has 0 saturated heterocycles. The van der Waals surface area contributed by atoms with Gasteiger partial charge in [-0.3, -0.25) is 4.79 Å². The molecule has 0 aliphatic carbocycles. The molecular formula is C22H26N2O3. The van der Waals surface area contributed by atoms with Crippen LogP contribution >= 0.6 is 0 Å². The van der Waals surface area contributed by atoms with Crippen molar-refractivity contribution in [3.8, 4) is 11.5 Å². The highest BCUT2D eigenvalue weighted by Gasteiger charge is 2.15. The van der Waals surface area contributed by atoms with Gasteiger partial charge in [0.25, 0.3) is 0 Å². The molecule has 1 amide bonds. The third kappa shape index (κ3) is 4.89. The molecular weight excluding hydrogens is 340 g/mol. The predicted octanol–water partition coefficient (Wildman–Crippen LogP) is 3.06. The van der Waals surface area contributed by atoms with Gasteiger partial charge in [-0.1, -0.05) is 18.2 Å². The van der Waals surface area contributed by atoms with E-state index in [4.69, 9.17) is 9.47 Å². The first-order valence-corrected chi connectivity index (χ1v) is 9.09. The fourth-order valence-corrected chi connectivity index (χ4v) is 3.19. The Morgan fingerprint density at radius 2 is 2.15 bits per heavy atom. The van der Waals surface area contributed by atoms with E-state index in [-0.39, 0.29) is 11.9 Å². The standard InChI is InChI=1S/C22H26N2O3/c1-24(2)20(17-5-4-6-19(14-17)26-3)15-23-22(25)10-8-16-7-9-21-18(13-16)11-12-27-21/h4-10,13-14,20H,11-12,15H2,1-3H3,(H,23,25)/b10-8+. The van der Waals surface area contributed by atoms with E-state index in [9.17, 15) is 4.79 Å². The van der Waals surface area contributed by atoms with Gasteiger partial charge in [0.05, 0.1) is 19.8 Å². The number of hydrogen-bond donors (Lipinski definition) is 1. The van der Waals surface area contributed by atoms with Crippen molar-refractivity contribution in [1.82, 2.24) is 10.2 Å². The highest BCUT2D eigenvalue weighted by Crippen LogP contribution is 2.26. The molecule has 3 rings (SSSR count). The summed E-state index contributed by atoms with van der Waals surface area (Å²) in [6, 6.07) is 14.0. The molecule has 142 valence electrons. The number of ether oxygens (including phenoxy) is 2. The van der Waals surface area contributed by atoms with Gasteiger partial charge in [0.15, 0.2) is 0 Å². The maximum atomic E-state index is 12.3. The molecule has 0 radical (unpaired) electrons. The zero-order valence-corrected chi connectivity index (χ0v) is 16.1. The van der Waals surface area contributed by atoms with E-state index in [2.05, 4.69) is 16.3 Å². The third-order valence-electron chi connectivity index (χ3n) is 4.71. The second kappa shape index (κ2) is 8.73. The molecule has 0 spiro atoms. The van der Waals surface area contributed by atoms with Crippen molar-refractivity contribution in [1.29, 1.82) is 0 Å². The highest BCUT2D eigenvalue weighted by atomic mass is 16.5. The minimum absolute atomic E-state index is 0.0644. The molecule has 2 aromatic carbocycles. The molecule has 2 aromatic rings. The van der Waals surface area contributed by atoms with Crippen LogP contribution in [-0.2, 0) is 11.2 Å². The number of likely N-dealkylation sites (N-methyl/N-ethyl adjacent to an activating group) is 1. The van der Waals surface area contributed by atoms with Gasteiger partial charge in [-0.25, -0.2) is 0 Å². The van der Waals surface area contributed by atoms with Crippen molar-refractivity contribution < 1.29 is 14.3 Å². The van der Waals surface area contributed by atoms with Crippen molar-refractivity contribution in [2.75, 3.05) is 34.4 Å². The molecule has 0 fully saturated rings. The first-order valence-electron chi connectivity index (χ1n) is 9.09. The fraction of sp³-hybridized carbons (Fsp3) is 0.318. The van der Waals surface area contributed by atoms with Gasteiger partial charge in [-0.15, -0.1) is 0 Å². The van der Waals surface area contributed by atoms with Crippen LogP contribution in [0.4, 0.5) is 0 Å². The Hall–Kier alpha value is -2.79. The number of fused-ring (bicyclic) bond motifs is 1. The van der Waals surface area contributed by atoms with Crippen LogP contribution in [0.2, 0.25) is 0 Å². The summed E-state index contributed by atoms with van der Waals surface area (Å²) in [4.78, 5) is 14.3. The second-order valence-corrected chi connectivity index (χ2v) is 6.80. The molecule has 5 nitrogen and oxygen atoms in total. The number of amides is 1. The molecule has 0 bridgehead atoms. The fourth-order valence-electron chi connectivity index (χ4n) is 3.19. The number of methoxy groups -OCH3 is 1. The number of carbonyl (C=O) groups is 1. The lowest BCUT2D eigenvalue weighted by atomic mass is 10.1. The van der Waals surface area contributed by atoms with Crippen molar-refractivity contribution in [2.24, 2.45) is 0 Å². The van der Waals surface area contributed by atoms with Crippen LogP contribution in [-0.4, -0.2) is 45.2 Å². The Morgan fingerprint density at radius 1 is 1.30 bits per heavy atom. The van der Waals surface area contributed by atoms with Crippen LogP contribution in [0.25, 0.3) is 6.08 Å². The Bertz CT molecular complexity index is 830. The summed E-state index contributed by atoms with van der Waals surface area (Å²) in [6.07, 6.45) is 4.34. The average molecular weight is 366 g/mol. The number of benzene rings is 2. The molecule has 1 aliphatic rings. The van der Waals surface area contributed by atoms with Gasteiger partial charge in [-0.2, -0.15) is 0 Å². The van der Waals surface area contributed by atoms with Crippen LogP contribution in [0.3, 0.4) is 0 Å². The van der Waals surface area contributed by atoms with E-state index < -0.39 is 0 Å². The van der Waals surface area contributed by atoms with Crippen LogP contribution in [0.5, 0.6) is 11.5 Å². The summed E-state index contributed by atoms with van der Waals surface area (Å²) >= 11 is 0. The van der Waals surface area contributed by atoms with Crippen LogP contribution in [0.15, 0.2) is 48.5 Å². The molecule has 1 atom stereocenters. The molecule has 1 heterocycles. The first-order chi connectivity index (χ1) is 13.1. The zero-order chi connectivity index (χ0) is 19.2. The van der Waals surface area contributed by atoms with Gasteiger partial charge in [-0.05, 0) is 61.1 Å². The SMILES string of the molecule is COc1cccc(C(CNC(=O)/C=C/c2ccc3c(c2)CCO3)N(C)C)c1. The molecule has 1 N–H and O–H groups in total. The molecule has 5 heteroatoms. The minimum atomic E-state index is -0.110. The lowest BCUT2D eigenvalue weighted by Crippen LogP contribution is -2.33. The number of nitrogens with zero attached hydrogens (tertiary/aromatic N) is 1. The highest BCUT2D eigenvalue weighted by molar-refractivity contribution is 5.91. The number of rotatable bonds is 7. The van der Waals surface area contributed by atoms with Crippen LogP contribution in [0, 0.1) is 0 Å². The predicted molar refractivity (Wildman–Crippen MR) is 107 cm³/mol. The quantitative estimate of drug-likeness (QED) is 0.765. The molecule has 27 heavy (non-hydrogen) atoms. The molecule has 0 aromatic heterocycles. The van der Waals surface area contributed by atoms with Gasteiger partial charge in [0, 0.05) is 19.0 Å². The molecule has 1 unspecified atom stereocenters. The Kier molecular flexibility index (Phi) is 6.14. The summed E-state index contributed by atoms with van der Waals surface area (Å²) < 4.78 is 10.8. The minimum Gasteiger partial charge on any atom is -0.497 e. The van der Waals surface area contributed by atoms with E-state index in [1.165, 1.54) is 5.56 Å². The van der Waals surface area contributed by atoms with Crippen molar-refractivity contribution >= 4 is 12.0 Å². The summed E-state index contributed by atoms with van der Waals surface area (Å²) in [5.74, 6) is 1.65. The lowest BCUT2D eigenvalue weighted by Gasteiger charge is -2.25. The summed E-state index contributed by atoms with van der Waals surface area (Å²) in [5, 5.41) is 2.99. The maximum Gasteiger partial charge on any atom is 0.244 e. The van der Waals surface area contributed by atoms with Crippen LogP contribution in [0.1, 0.15) is 22.7 Å². The van der Waals surface area contributed by atoms with Crippen molar-refractivity contribution in [2.45, 2.75) is 12.5 Å². The Morgan fingerprint density at radius 3 is 2.93 bits per heavy atom. The van der Waals surface area contributed by atoms with Crippen LogP contribution < -0.4 is 14.8 Å². The smallest absolute Gasteiger partial charge is 0.244 e. The number of nitrogens with one attached hydrogen (secondary N) is 1. The average Bonchev–Trinajstić information content (AvgIpc) is 3.14. The normalized spacial score (nSPS) is 14.1. The van der Waals surface area contributed by atoms with E-state index in [1.54, 1.807) is 13.2 Å². The van der Waals surface area contributed by atoms with E-state index in [0.29, 0.717) is 6.54 Å². The summed E-state index contributed by atoms with van der Waals surface area (Å²) in [5.41, 5.74) is 3.30. The van der Waals surface area contributed by atoms with Gasteiger partial charge in [0.2, 0.25) is 5.91 Å². The Labute approximate surface area is 160 Å². The zero-order valence-electron chi connectivity index (χ0n) is 16.1. The molecule has 1 aliphatic heterocycles.